The van der Waals surface area contributed by atoms with Crippen molar-refractivity contribution < 1.29 is 9.53 Å². The first-order valence-electron chi connectivity index (χ1n) is 10.3. The number of nitrogens with one attached hydrogen (secondary N) is 1. The lowest BCUT2D eigenvalue weighted by Crippen LogP contribution is -2.36. The lowest BCUT2D eigenvalue weighted by molar-refractivity contribution is -0.119. The number of thioether (sulfide) groups is 1. The molecule has 1 atom stereocenters. The van der Waals surface area contributed by atoms with Gasteiger partial charge in [-0.3, -0.25) is 9.36 Å². The summed E-state index contributed by atoms with van der Waals surface area (Å²) < 4.78 is 7.08. The van der Waals surface area contributed by atoms with Crippen molar-refractivity contribution in [2.45, 2.75) is 44.3 Å². The summed E-state index contributed by atoms with van der Waals surface area (Å²) in [5.74, 6) is 0.942. The largest absolute Gasteiger partial charge is 0.383 e. The fourth-order valence-electron chi connectivity index (χ4n) is 3.22. The van der Waals surface area contributed by atoms with Gasteiger partial charge in [0.25, 0.3) is 0 Å². The van der Waals surface area contributed by atoms with E-state index in [0.29, 0.717) is 11.8 Å². The van der Waals surface area contributed by atoms with Crippen LogP contribution in [0, 0.1) is 0 Å². The number of rotatable bonds is 8. The van der Waals surface area contributed by atoms with E-state index in [9.17, 15) is 4.79 Å². The van der Waals surface area contributed by atoms with Gasteiger partial charge in [-0.05, 0) is 30.0 Å². The van der Waals surface area contributed by atoms with Crippen molar-refractivity contribution in [1.82, 2.24) is 20.1 Å². The van der Waals surface area contributed by atoms with E-state index in [1.807, 2.05) is 41.8 Å². The Labute approximate surface area is 188 Å². The van der Waals surface area contributed by atoms with Crippen LogP contribution in [0.15, 0.2) is 59.8 Å². The predicted molar refractivity (Wildman–Crippen MR) is 126 cm³/mol. The first-order chi connectivity index (χ1) is 14.8. The fourth-order valence-corrected chi connectivity index (χ4v) is 3.98. The van der Waals surface area contributed by atoms with Crippen LogP contribution in [-0.4, -0.2) is 46.2 Å². The minimum atomic E-state index is -0.0618. The fraction of sp³-hybridized carbons (Fsp3) is 0.375. The van der Waals surface area contributed by atoms with Crippen LogP contribution in [0.2, 0.25) is 0 Å². The van der Waals surface area contributed by atoms with Crippen molar-refractivity contribution in [3.05, 3.63) is 60.2 Å². The third-order valence-electron chi connectivity index (χ3n) is 4.81. The summed E-state index contributed by atoms with van der Waals surface area (Å²) in [5.41, 5.74) is 3.28. The molecule has 0 aliphatic rings. The van der Waals surface area contributed by atoms with Crippen molar-refractivity contribution in [3.63, 3.8) is 0 Å². The molecule has 1 unspecified atom stereocenters. The van der Waals surface area contributed by atoms with E-state index >= 15 is 0 Å². The van der Waals surface area contributed by atoms with Crippen LogP contribution in [0.5, 0.6) is 0 Å². The summed E-state index contributed by atoms with van der Waals surface area (Å²) in [5, 5.41) is 12.5. The van der Waals surface area contributed by atoms with Gasteiger partial charge < -0.3 is 10.1 Å². The second-order valence-electron chi connectivity index (χ2n) is 8.52. The number of methoxy groups -OCH3 is 1. The molecule has 1 N–H and O–H groups in total. The Hall–Kier alpha value is -2.64. The highest BCUT2D eigenvalue weighted by molar-refractivity contribution is 7.99. The van der Waals surface area contributed by atoms with Crippen LogP contribution in [0.25, 0.3) is 17.1 Å². The number of para-hydroxylation sites is 1. The lowest BCUT2D eigenvalue weighted by atomic mass is 9.87. The zero-order valence-corrected chi connectivity index (χ0v) is 19.6. The van der Waals surface area contributed by atoms with E-state index in [-0.39, 0.29) is 23.1 Å². The predicted octanol–water partition coefficient (Wildman–Crippen LogP) is 4.48. The Kier molecular flexibility index (Phi) is 7.51. The summed E-state index contributed by atoms with van der Waals surface area (Å²) >= 11 is 1.37. The maximum absolute atomic E-state index is 12.3. The van der Waals surface area contributed by atoms with E-state index in [1.165, 1.54) is 17.3 Å². The van der Waals surface area contributed by atoms with Gasteiger partial charge in [0, 0.05) is 24.4 Å². The van der Waals surface area contributed by atoms with Crippen LogP contribution < -0.4 is 5.32 Å². The Morgan fingerprint density at radius 3 is 2.39 bits per heavy atom. The number of amides is 1. The Morgan fingerprint density at radius 2 is 1.77 bits per heavy atom. The monoisotopic (exact) mass is 438 g/mol. The summed E-state index contributed by atoms with van der Waals surface area (Å²) in [6.45, 7) is 8.98. The van der Waals surface area contributed by atoms with E-state index in [1.54, 1.807) is 7.11 Å². The number of ether oxygens (including phenoxy) is 1. The lowest BCUT2D eigenvalue weighted by Gasteiger charge is -2.19. The SMILES string of the molecule is COCC(C)NC(=O)CSc1nnc(-c2ccc(C(C)(C)C)cc2)n1-c1ccccc1. The van der Waals surface area contributed by atoms with Gasteiger partial charge in [-0.15, -0.1) is 10.2 Å². The Balaban J connectivity index is 1.88. The van der Waals surface area contributed by atoms with Gasteiger partial charge in [0.2, 0.25) is 5.91 Å². The zero-order valence-electron chi connectivity index (χ0n) is 18.8. The van der Waals surface area contributed by atoms with Gasteiger partial charge in [0.15, 0.2) is 11.0 Å². The van der Waals surface area contributed by atoms with Crippen LogP contribution in [0.1, 0.15) is 33.3 Å². The molecule has 164 valence electrons. The van der Waals surface area contributed by atoms with Gasteiger partial charge in [0.05, 0.1) is 12.4 Å². The maximum atomic E-state index is 12.3. The third-order valence-corrected chi connectivity index (χ3v) is 5.74. The van der Waals surface area contributed by atoms with Gasteiger partial charge in [0.1, 0.15) is 0 Å². The molecule has 0 spiro atoms. The standard InChI is InChI=1S/C24H30N4O2S/c1-17(15-30-5)25-21(29)16-31-23-27-26-22(28(23)20-9-7-6-8-10-20)18-11-13-19(14-12-18)24(2,3)4/h6-14,17H,15-16H2,1-5H3,(H,25,29). The Morgan fingerprint density at radius 1 is 1.10 bits per heavy atom. The van der Waals surface area contributed by atoms with Crippen molar-refractivity contribution in [2.24, 2.45) is 0 Å². The van der Waals surface area contributed by atoms with Gasteiger partial charge >= 0.3 is 0 Å². The smallest absolute Gasteiger partial charge is 0.230 e. The second kappa shape index (κ2) is 10.1. The van der Waals surface area contributed by atoms with E-state index < -0.39 is 0 Å². The van der Waals surface area contributed by atoms with Crippen molar-refractivity contribution in [1.29, 1.82) is 0 Å². The average molecular weight is 439 g/mol. The summed E-state index contributed by atoms with van der Waals surface area (Å²) in [6.07, 6.45) is 0. The molecular formula is C24H30N4O2S. The van der Waals surface area contributed by atoms with E-state index in [0.717, 1.165) is 17.1 Å². The van der Waals surface area contributed by atoms with Crippen molar-refractivity contribution in [2.75, 3.05) is 19.5 Å². The van der Waals surface area contributed by atoms with Gasteiger partial charge in [-0.2, -0.15) is 0 Å². The quantitative estimate of drug-likeness (QED) is 0.525. The van der Waals surface area contributed by atoms with Crippen molar-refractivity contribution in [3.8, 4) is 17.1 Å². The number of hydrogen-bond donors (Lipinski definition) is 1. The molecule has 0 radical (unpaired) electrons. The highest BCUT2D eigenvalue weighted by Crippen LogP contribution is 2.30. The van der Waals surface area contributed by atoms with Gasteiger partial charge in [-0.25, -0.2) is 0 Å². The zero-order chi connectivity index (χ0) is 22.4. The molecule has 1 amide bonds. The molecule has 0 bridgehead atoms. The van der Waals surface area contributed by atoms with Crippen molar-refractivity contribution >= 4 is 17.7 Å². The number of hydrogen-bond acceptors (Lipinski definition) is 5. The minimum absolute atomic E-state index is 0.0398. The average Bonchev–Trinajstić information content (AvgIpc) is 3.16. The molecule has 0 aliphatic carbocycles. The molecule has 1 heterocycles. The molecule has 31 heavy (non-hydrogen) atoms. The number of aromatic nitrogens is 3. The molecule has 3 aromatic rings. The van der Waals surface area contributed by atoms with Crippen LogP contribution in [0.3, 0.4) is 0 Å². The van der Waals surface area contributed by atoms with Gasteiger partial charge in [-0.1, -0.05) is 75.0 Å². The molecule has 0 fully saturated rings. The molecule has 6 nitrogen and oxygen atoms in total. The topological polar surface area (TPSA) is 69.0 Å². The maximum Gasteiger partial charge on any atom is 0.230 e. The molecule has 3 rings (SSSR count). The first kappa shape index (κ1) is 23.0. The number of nitrogens with zero attached hydrogens (tertiary/aromatic N) is 3. The van der Waals surface area contributed by atoms with E-state index in [2.05, 4.69) is 60.6 Å². The molecule has 0 saturated carbocycles. The summed E-state index contributed by atoms with van der Waals surface area (Å²) in [7, 11) is 1.62. The summed E-state index contributed by atoms with van der Waals surface area (Å²) in [6, 6.07) is 18.4. The molecular weight excluding hydrogens is 408 g/mol. The molecule has 7 heteroatoms. The second-order valence-corrected chi connectivity index (χ2v) is 9.46. The number of carbonyl (C=O) groups excluding carboxylic acids is 1. The molecule has 1 aromatic heterocycles. The normalized spacial score (nSPS) is 12.5. The van der Waals surface area contributed by atoms with E-state index in [4.69, 9.17) is 4.74 Å². The van der Waals surface area contributed by atoms with Crippen LogP contribution in [0.4, 0.5) is 0 Å². The first-order valence-corrected chi connectivity index (χ1v) is 11.3. The third kappa shape index (κ3) is 5.95. The minimum Gasteiger partial charge on any atom is -0.383 e. The highest BCUT2D eigenvalue weighted by Gasteiger charge is 2.19. The summed E-state index contributed by atoms with van der Waals surface area (Å²) in [4.78, 5) is 12.3. The molecule has 0 aliphatic heterocycles. The van der Waals surface area contributed by atoms with Crippen LogP contribution >= 0.6 is 11.8 Å². The highest BCUT2D eigenvalue weighted by atomic mass is 32.2. The number of carbonyl (C=O) groups is 1. The molecule has 2 aromatic carbocycles. The Bertz CT molecular complexity index is 995. The van der Waals surface area contributed by atoms with Crippen LogP contribution in [-0.2, 0) is 14.9 Å². The number of benzene rings is 2. The molecule has 0 saturated heterocycles.